The van der Waals surface area contributed by atoms with Crippen LogP contribution >= 0.6 is 27.3 Å². The molecular formula is C14H15BrOS. The average Bonchev–Trinajstić information content (AvgIpc) is 2.75. The maximum Gasteiger partial charge on any atom is 0.105 e. The molecule has 0 saturated carbocycles. The summed E-state index contributed by atoms with van der Waals surface area (Å²) in [6, 6.07) is 10.2. The fraction of sp³-hybridized carbons (Fsp3) is 0.286. The Morgan fingerprint density at radius 3 is 2.12 bits per heavy atom. The van der Waals surface area contributed by atoms with E-state index in [0.29, 0.717) is 5.92 Å². The van der Waals surface area contributed by atoms with Gasteiger partial charge in [-0.2, -0.15) is 0 Å². The van der Waals surface area contributed by atoms with E-state index in [2.05, 4.69) is 41.9 Å². The summed E-state index contributed by atoms with van der Waals surface area (Å²) in [4.78, 5) is 0. The molecule has 1 aromatic heterocycles. The highest BCUT2D eigenvalue weighted by Gasteiger charge is 2.12. The van der Waals surface area contributed by atoms with Gasteiger partial charge in [-0.15, -0.1) is 11.3 Å². The summed E-state index contributed by atoms with van der Waals surface area (Å²) < 4.78 is 1.05. The zero-order valence-electron chi connectivity index (χ0n) is 9.85. The first-order chi connectivity index (χ1) is 8.08. The van der Waals surface area contributed by atoms with Crippen molar-refractivity contribution in [3.8, 4) is 0 Å². The molecule has 1 N–H and O–H groups in total. The van der Waals surface area contributed by atoms with Gasteiger partial charge in [0.05, 0.1) is 3.79 Å². The van der Waals surface area contributed by atoms with E-state index in [1.807, 2.05) is 23.6 Å². The molecule has 1 aromatic carbocycles. The Bertz CT molecular complexity index is 487. The lowest BCUT2D eigenvalue weighted by Crippen LogP contribution is -1.98. The normalized spacial score (nSPS) is 13.0. The van der Waals surface area contributed by atoms with E-state index in [1.165, 1.54) is 5.56 Å². The summed E-state index contributed by atoms with van der Waals surface area (Å²) in [7, 11) is 0. The maximum atomic E-state index is 10.2. The van der Waals surface area contributed by atoms with E-state index < -0.39 is 6.10 Å². The van der Waals surface area contributed by atoms with Crippen LogP contribution in [-0.2, 0) is 0 Å². The SMILES string of the molecule is CC(C)c1ccc(C(O)c2csc(Br)c2)cc1. The predicted molar refractivity (Wildman–Crippen MR) is 76.6 cm³/mol. The van der Waals surface area contributed by atoms with E-state index in [4.69, 9.17) is 0 Å². The van der Waals surface area contributed by atoms with Crippen molar-refractivity contribution in [2.24, 2.45) is 0 Å². The zero-order valence-corrected chi connectivity index (χ0v) is 12.3. The number of aliphatic hydroxyl groups is 1. The van der Waals surface area contributed by atoms with Crippen molar-refractivity contribution < 1.29 is 5.11 Å². The van der Waals surface area contributed by atoms with Crippen LogP contribution in [0, 0.1) is 0 Å². The Hall–Kier alpha value is -0.640. The standard InChI is InChI=1S/C14H15BrOS/c1-9(2)10-3-5-11(6-4-10)14(16)12-7-13(15)17-8-12/h3-9,14,16H,1-2H3. The van der Waals surface area contributed by atoms with Crippen molar-refractivity contribution in [3.63, 3.8) is 0 Å². The minimum atomic E-state index is -0.529. The van der Waals surface area contributed by atoms with Crippen LogP contribution in [0.15, 0.2) is 39.5 Å². The minimum Gasteiger partial charge on any atom is -0.384 e. The molecule has 0 spiro atoms. The molecule has 2 rings (SSSR count). The Morgan fingerprint density at radius 2 is 1.65 bits per heavy atom. The fourth-order valence-corrected chi connectivity index (χ4v) is 2.92. The van der Waals surface area contributed by atoms with Gasteiger partial charge in [-0.25, -0.2) is 0 Å². The number of aliphatic hydroxyl groups excluding tert-OH is 1. The van der Waals surface area contributed by atoms with E-state index in [1.54, 1.807) is 11.3 Å². The van der Waals surface area contributed by atoms with Crippen molar-refractivity contribution in [1.29, 1.82) is 0 Å². The third kappa shape index (κ3) is 2.97. The van der Waals surface area contributed by atoms with Crippen LogP contribution in [0.4, 0.5) is 0 Å². The van der Waals surface area contributed by atoms with E-state index in [0.717, 1.165) is 14.9 Å². The van der Waals surface area contributed by atoms with Crippen LogP contribution in [0.5, 0.6) is 0 Å². The van der Waals surface area contributed by atoms with Crippen molar-refractivity contribution in [2.75, 3.05) is 0 Å². The fourth-order valence-electron chi connectivity index (χ4n) is 1.72. The van der Waals surface area contributed by atoms with Gasteiger partial charge < -0.3 is 5.11 Å². The minimum absolute atomic E-state index is 0.525. The van der Waals surface area contributed by atoms with Gasteiger partial charge >= 0.3 is 0 Å². The average molecular weight is 311 g/mol. The predicted octanol–water partition coefficient (Wildman–Crippen LogP) is 4.72. The number of hydrogen-bond acceptors (Lipinski definition) is 2. The molecule has 0 amide bonds. The highest BCUT2D eigenvalue weighted by molar-refractivity contribution is 9.11. The van der Waals surface area contributed by atoms with Gasteiger partial charge in [0.15, 0.2) is 0 Å². The molecule has 1 unspecified atom stereocenters. The molecule has 0 radical (unpaired) electrons. The third-order valence-electron chi connectivity index (χ3n) is 2.82. The van der Waals surface area contributed by atoms with E-state index in [-0.39, 0.29) is 0 Å². The second kappa shape index (κ2) is 5.34. The molecule has 0 bridgehead atoms. The Morgan fingerprint density at radius 1 is 1.06 bits per heavy atom. The largest absolute Gasteiger partial charge is 0.384 e. The highest BCUT2D eigenvalue weighted by Crippen LogP contribution is 2.29. The second-order valence-electron chi connectivity index (χ2n) is 4.41. The van der Waals surface area contributed by atoms with Crippen molar-refractivity contribution in [1.82, 2.24) is 0 Å². The van der Waals surface area contributed by atoms with Crippen LogP contribution < -0.4 is 0 Å². The quantitative estimate of drug-likeness (QED) is 0.870. The second-order valence-corrected chi connectivity index (χ2v) is 6.70. The third-order valence-corrected chi connectivity index (χ3v) is 4.35. The lowest BCUT2D eigenvalue weighted by atomic mass is 9.98. The van der Waals surface area contributed by atoms with E-state index >= 15 is 0 Å². The molecule has 1 atom stereocenters. The van der Waals surface area contributed by atoms with Crippen molar-refractivity contribution in [2.45, 2.75) is 25.9 Å². The zero-order chi connectivity index (χ0) is 12.4. The molecule has 2 aromatic rings. The molecule has 0 aliphatic rings. The first-order valence-electron chi connectivity index (χ1n) is 5.60. The molecule has 1 nitrogen and oxygen atoms in total. The summed E-state index contributed by atoms with van der Waals surface area (Å²) in [5.41, 5.74) is 3.19. The van der Waals surface area contributed by atoms with Crippen molar-refractivity contribution >= 4 is 27.3 Å². The van der Waals surface area contributed by atoms with Crippen LogP contribution in [0.25, 0.3) is 0 Å². The van der Waals surface area contributed by atoms with Gasteiger partial charge in [-0.05, 0) is 50.0 Å². The molecule has 0 saturated heterocycles. The summed E-state index contributed by atoms with van der Waals surface area (Å²) in [6.45, 7) is 4.34. The molecule has 90 valence electrons. The van der Waals surface area contributed by atoms with E-state index in [9.17, 15) is 5.11 Å². The topological polar surface area (TPSA) is 20.2 Å². The van der Waals surface area contributed by atoms with Gasteiger partial charge in [0.25, 0.3) is 0 Å². The number of halogens is 1. The Balaban J connectivity index is 2.22. The number of hydrogen-bond donors (Lipinski definition) is 1. The highest BCUT2D eigenvalue weighted by atomic mass is 79.9. The molecule has 0 aliphatic carbocycles. The van der Waals surface area contributed by atoms with Crippen LogP contribution in [-0.4, -0.2) is 5.11 Å². The smallest absolute Gasteiger partial charge is 0.105 e. The molecule has 0 aliphatic heterocycles. The van der Waals surface area contributed by atoms with Gasteiger partial charge in [0.1, 0.15) is 6.10 Å². The Labute approximate surface area is 114 Å². The maximum absolute atomic E-state index is 10.2. The number of rotatable bonds is 3. The van der Waals surface area contributed by atoms with Gasteiger partial charge in [-0.1, -0.05) is 38.1 Å². The molecule has 1 heterocycles. The van der Waals surface area contributed by atoms with Gasteiger partial charge in [0, 0.05) is 0 Å². The van der Waals surface area contributed by atoms with Crippen LogP contribution in [0.3, 0.4) is 0 Å². The number of thiophene rings is 1. The lowest BCUT2D eigenvalue weighted by molar-refractivity contribution is 0.221. The number of benzene rings is 1. The summed E-state index contributed by atoms with van der Waals surface area (Å²) in [5.74, 6) is 0.525. The summed E-state index contributed by atoms with van der Waals surface area (Å²) in [6.07, 6.45) is -0.529. The molecule has 3 heteroatoms. The van der Waals surface area contributed by atoms with Crippen LogP contribution in [0.2, 0.25) is 0 Å². The summed E-state index contributed by atoms with van der Waals surface area (Å²) in [5, 5.41) is 12.2. The monoisotopic (exact) mass is 310 g/mol. The first-order valence-corrected chi connectivity index (χ1v) is 7.27. The van der Waals surface area contributed by atoms with Crippen molar-refractivity contribution in [3.05, 3.63) is 56.2 Å². The molecular weight excluding hydrogens is 296 g/mol. The molecule has 17 heavy (non-hydrogen) atoms. The first kappa shape index (κ1) is 12.8. The summed E-state index contributed by atoms with van der Waals surface area (Å²) >= 11 is 5.00. The lowest BCUT2D eigenvalue weighted by Gasteiger charge is -2.11. The van der Waals surface area contributed by atoms with Crippen LogP contribution in [0.1, 0.15) is 42.6 Å². The molecule has 0 fully saturated rings. The Kier molecular flexibility index (Phi) is 4.02. The van der Waals surface area contributed by atoms with Gasteiger partial charge in [-0.3, -0.25) is 0 Å². The van der Waals surface area contributed by atoms with Gasteiger partial charge in [0.2, 0.25) is 0 Å².